The number of hydrogen-bond acceptors (Lipinski definition) is 5. The summed E-state index contributed by atoms with van der Waals surface area (Å²) in [5.74, 6) is -1.26. The maximum absolute atomic E-state index is 12.7. The molecule has 0 fully saturated rings. The lowest BCUT2D eigenvalue weighted by molar-refractivity contribution is -0.155. The van der Waals surface area contributed by atoms with E-state index in [1.807, 2.05) is 25.1 Å². The SMILES string of the molecule is Cc1ccc(NC(=O)[C@@H](OC(=O)C2=COCCO2)c2ccccc2)cc1. The molecule has 1 heterocycles. The Balaban J connectivity index is 1.78. The molecule has 3 rings (SSSR count). The summed E-state index contributed by atoms with van der Waals surface area (Å²) in [6.07, 6.45) is 0.0857. The van der Waals surface area contributed by atoms with Gasteiger partial charge in [0, 0.05) is 11.3 Å². The number of amides is 1. The first-order valence-corrected chi connectivity index (χ1v) is 8.21. The smallest absolute Gasteiger partial charge is 0.378 e. The first kappa shape index (κ1) is 17.5. The standard InChI is InChI=1S/C20H19NO5/c1-14-7-9-16(10-8-14)21-19(22)18(15-5-3-2-4-6-15)26-20(23)17-13-24-11-12-25-17/h2-10,13,18H,11-12H2,1H3,(H,21,22)/t18-/m0/s1. The van der Waals surface area contributed by atoms with Gasteiger partial charge >= 0.3 is 5.97 Å². The second kappa shape index (κ2) is 8.20. The molecule has 2 aromatic carbocycles. The largest absolute Gasteiger partial charge is 0.493 e. The van der Waals surface area contributed by atoms with Crippen molar-refractivity contribution in [2.45, 2.75) is 13.0 Å². The molecule has 0 saturated heterocycles. The summed E-state index contributed by atoms with van der Waals surface area (Å²) in [6.45, 7) is 2.58. The van der Waals surface area contributed by atoms with Gasteiger partial charge in [-0.3, -0.25) is 4.79 Å². The molecule has 26 heavy (non-hydrogen) atoms. The van der Waals surface area contributed by atoms with E-state index in [0.717, 1.165) is 5.56 Å². The van der Waals surface area contributed by atoms with Crippen molar-refractivity contribution in [3.05, 3.63) is 77.7 Å². The number of anilines is 1. The molecule has 1 N–H and O–H groups in total. The molecule has 2 aromatic rings. The van der Waals surface area contributed by atoms with Gasteiger partial charge in [-0.05, 0) is 19.1 Å². The van der Waals surface area contributed by atoms with Crippen LogP contribution < -0.4 is 5.32 Å². The highest BCUT2D eigenvalue weighted by Crippen LogP contribution is 2.22. The molecule has 1 amide bonds. The second-order valence-corrected chi connectivity index (χ2v) is 5.75. The highest BCUT2D eigenvalue weighted by molar-refractivity contribution is 5.97. The highest BCUT2D eigenvalue weighted by atomic mass is 16.6. The molecular formula is C20H19NO5. The minimum atomic E-state index is -1.11. The van der Waals surface area contributed by atoms with Crippen molar-refractivity contribution in [2.75, 3.05) is 18.5 Å². The van der Waals surface area contributed by atoms with Crippen LogP contribution in [0.15, 0.2) is 66.6 Å². The van der Waals surface area contributed by atoms with Gasteiger partial charge in [0.1, 0.15) is 19.5 Å². The molecular weight excluding hydrogens is 334 g/mol. The number of benzene rings is 2. The fraction of sp³-hybridized carbons (Fsp3) is 0.200. The molecule has 1 aliphatic rings. The number of carbonyl (C=O) groups is 2. The zero-order chi connectivity index (χ0) is 18.4. The minimum absolute atomic E-state index is 0.0553. The van der Waals surface area contributed by atoms with Gasteiger partial charge in [0.05, 0.1) is 0 Å². The summed E-state index contributed by atoms with van der Waals surface area (Å²) in [4.78, 5) is 25.0. The number of nitrogens with one attached hydrogen (secondary N) is 1. The molecule has 0 bridgehead atoms. The third-order valence-corrected chi connectivity index (χ3v) is 3.73. The lowest BCUT2D eigenvalue weighted by atomic mass is 10.1. The van der Waals surface area contributed by atoms with Gasteiger partial charge in [-0.1, -0.05) is 48.0 Å². The van der Waals surface area contributed by atoms with Crippen molar-refractivity contribution in [1.82, 2.24) is 0 Å². The fourth-order valence-corrected chi connectivity index (χ4v) is 2.39. The molecule has 0 aliphatic carbocycles. The van der Waals surface area contributed by atoms with Crippen LogP contribution >= 0.6 is 0 Å². The Morgan fingerprint density at radius 2 is 1.77 bits per heavy atom. The van der Waals surface area contributed by atoms with Crippen LogP contribution in [0, 0.1) is 6.92 Å². The van der Waals surface area contributed by atoms with E-state index in [0.29, 0.717) is 17.9 Å². The van der Waals surface area contributed by atoms with E-state index in [9.17, 15) is 9.59 Å². The summed E-state index contributed by atoms with van der Waals surface area (Å²) < 4.78 is 15.7. The second-order valence-electron chi connectivity index (χ2n) is 5.75. The number of rotatable bonds is 5. The van der Waals surface area contributed by atoms with Crippen LogP contribution in [-0.4, -0.2) is 25.1 Å². The third-order valence-electron chi connectivity index (χ3n) is 3.73. The molecule has 1 aliphatic heterocycles. The first-order valence-electron chi connectivity index (χ1n) is 8.21. The maximum atomic E-state index is 12.7. The van der Waals surface area contributed by atoms with Crippen LogP contribution in [-0.2, 0) is 23.8 Å². The third kappa shape index (κ3) is 4.42. The van der Waals surface area contributed by atoms with Crippen LogP contribution in [0.4, 0.5) is 5.69 Å². The Kier molecular flexibility index (Phi) is 5.53. The lowest BCUT2D eigenvalue weighted by Gasteiger charge is -2.20. The van der Waals surface area contributed by atoms with Crippen LogP contribution in [0.3, 0.4) is 0 Å². The zero-order valence-corrected chi connectivity index (χ0v) is 14.3. The quantitative estimate of drug-likeness (QED) is 0.836. The van der Waals surface area contributed by atoms with Gasteiger partial charge in [-0.2, -0.15) is 0 Å². The van der Waals surface area contributed by atoms with Crippen LogP contribution in [0.25, 0.3) is 0 Å². The van der Waals surface area contributed by atoms with Gasteiger partial charge in [-0.25, -0.2) is 4.79 Å². The summed E-state index contributed by atoms with van der Waals surface area (Å²) >= 11 is 0. The predicted molar refractivity (Wildman–Crippen MR) is 95.1 cm³/mol. The summed E-state index contributed by atoms with van der Waals surface area (Å²) in [5, 5.41) is 2.77. The monoisotopic (exact) mass is 353 g/mol. The topological polar surface area (TPSA) is 73.9 Å². The summed E-state index contributed by atoms with van der Waals surface area (Å²) in [6, 6.07) is 16.2. The Morgan fingerprint density at radius 3 is 2.42 bits per heavy atom. The van der Waals surface area contributed by atoms with E-state index < -0.39 is 18.0 Å². The average Bonchev–Trinajstić information content (AvgIpc) is 2.69. The lowest BCUT2D eigenvalue weighted by Crippen LogP contribution is -2.27. The van der Waals surface area contributed by atoms with Gasteiger partial charge in [-0.15, -0.1) is 0 Å². The Hall–Kier alpha value is -3.28. The van der Waals surface area contributed by atoms with Crippen LogP contribution in [0.5, 0.6) is 0 Å². The van der Waals surface area contributed by atoms with E-state index in [2.05, 4.69) is 5.32 Å². The van der Waals surface area contributed by atoms with Crippen LogP contribution in [0.2, 0.25) is 0 Å². The molecule has 0 spiro atoms. The summed E-state index contributed by atoms with van der Waals surface area (Å²) in [5.41, 5.74) is 2.26. The summed E-state index contributed by atoms with van der Waals surface area (Å²) in [7, 11) is 0. The van der Waals surface area contributed by atoms with E-state index in [-0.39, 0.29) is 12.4 Å². The van der Waals surface area contributed by atoms with Crippen molar-refractivity contribution in [1.29, 1.82) is 0 Å². The Bertz CT molecular complexity index is 799. The maximum Gasteiger partial charge on any atom is 0.378 e. The normalized spacial score (nSPS) is 14.3. The van der Waals surface area contributed by atoms with Gasteiger partial charge in [0.15, 0.2) is 0 Å². The number of esters is 1. The number of ether oxygens (including phenoxy) is 3. The van der Waals surface area contributed by atoms with Gasteiger partial charge < -0.3 is 19.5 Å². The number of aryl methyl sites for hydroxylation is 1. The Labute approximate surface area is 151 Å². The average molecular weight is 353 g/mol. The van der Waals surface area contributed by atoms with Crippen molar-refractivity contribution < 1.29 is 23.8 Å². The first-order chi connectivity index (χ1) is 12.6. The number of hydrogen-bond donors (Lipinski definition) is 1. The van der Waals surface area contributed by atoms with Crippen molar-refractivity contribution in [3.63, 3.8) is 0 Å². The van der Waals surface area contributed by atoms with Crippen LogP contribution in [0.1, 0.15) is 17.2 Å². The molecule has 0 radical (unpaired) electrons. The van der Waals surface area contributed by atoms with Gasteiger partial charge in [0.25, 0.3) is 5.91 Å². The molecule has 6 heteroatoms. The highest BCUT2D eigenvalue weighted by Gasteiger charge is 2.28. The van der Waals surface area contributed by atoms with Crippen molar-refractivity contribution in [3.8, 4) is 0 Å². The molecule has 0 saturated carbocycles. The molecule has 0 aromatic heterocycles. The fourth-order valence-electron chi connectivity index (χ4n) is 2.39. The van der Waals surface area contributed by atoms with Crippen molar-refractivity contribution in [2.24, 2.45) is 0 Å². The van der Waals surface area contributed by atoms with Gasteiger partial charge in [0.2, 0.25) is 11.9 Å². The minimum Gasteiger partial charge on any atom is -0.493 e. The molecule has 6 nitrogen and oxygen atoms in total. The molecule has 0 unspecified atom stereocenters. The molecule has 134 valence electrons. The Morgan fingerprint density at radius 1 is 1.04 bits per heavy atom. The molecule has 1 atom stereocenters. The zero-order valence-electron chi connectivity index (χ0n) is 14.3. The van der Waals surface area contributed by atoms with E-state index >= 15 is 0 Å². The van der Waals surface area contributed by atoms with E-state index in [1.54, 1.807) is 36.4 Å². The van der Waals surface area contributed by atoms with E-state index in [1.165, 1.54) is 6.26 Å². The van der Waals surface area contributed by atoms with E-state index in [4.69, 9.17) is 14.2 Å². The predicted octanol–water partition coefficient (Wildman–Crippen LogP) is 3.11. The number of carbonyl (C=O) groups excluding carboxylic acids is 2. The van der Waals surface area contributed by atoms with Crippen molar-refractivity contribution >= 4 is 17.6 Å².